The summed E-state index contributed by atoms with van der Waals surface area (Å²) in [5.41, 5.74) is 2.45. The maximum absolute atomic E-state index is 12.6. The Balaban J connectivity index is 1.88. The van der Waals surface area contributed by atoms with Gasteiger partial charge in [-0.25, -0.2) is 4.79 Å². The molecule has 4 nitrogen and oxygen atoms in total. The first-order valence-electron chi connectivity index (χ1n) is 8.46. The van der Waals surface area contributed by atoms with Gasteiger partial charge in [0.25, 0.3) is 5.91 Å². The minimum Gasteiger partial charge on any atom is -0.465 e. The number of carbonyl (C=O) groups is 2. The van der Waals surface area contributed by atoms with Crippen molar-refractivity contribution in [2.24, 2.45) is 5.92 Å². The van der Waals surface area contributed by atoms with Crippen molar-refractivity contribution in [2.75, 3.05) is 12.4 Å². The Hall–Kier alpha value is -1.92. The van der Waals surface area contributed by atoms with Crippen molar-refractivity contribution in [3.63, 3.8) is 0 Å². The Morgan fingerprint density at radius 3 is 2.73 bits per heavy atom. The number of ether oxygens (including phenoxy) is 1. The molecule has 1 aliphatic carbocycles. The number of carbonyl (C=O) groups excluding carboxylic acids is 2. The minimum absolute atomic E-state index is 0.286. The van der Waals surface area contributed by atoms with Crippen molar-refractivity contribution in [2.45, 2.75) is 26.2 Å². The lowest BCUT2D eigenvalue weighted by Gasteiger charge is -2.18. The number of halogens is 1. The highest BCUT2D eigenvalue weighted by atomic mass is 79.9. The third-order valence-electron chi connectivity index (χ3n) is 4.44. The Bertz CT molecular complexity index is 857. The van der Waals surface area contributed by atoms with Crippen LogP contribution in [0.3, 0.4) is 0 Å². The Kier molecular flexibility index (Phi) is 5.94. The van der Waals surface area contributed by atoms with E-state index >= 15 is 0 Å². The number of rotatable bonds is 4. The zero-order chi connectivity index (χ0) is 18.7. The summed E-state index contributed by atoms with van der Waals surface area (Å²) < 4.78 is 5.36. The molecule has 1 aromatic carbocycles. The Morgan fingerprint density at radius 1 is 1.31 bits per heavy atom. The average Bonchev–Trinajstić information content (AvgIpc) is 2.98. The molecule has 0 bridgehead atoms. The number of hydrogen-bond acceptors (Lipinski definition) is 4. The average molecular weight is 434 g/mol. The molecular weight excluding hydrogens is 414 g/mol. The number of esters is 1. The van der Waals surface area contributed by atoms with E-state index in [9.17, 15) is 9.59 Å². The molecule has 0 saturated heterocycles. The molecule has 0 saturated carbocycles. The van der Waals surface area contributed by atoms with Gasteiger partial charge in [0.05, 0.1) is 17.2 Å². The summed E-state index contributed by atoms with van der Waals surface area (Å²) in [7, 11) is 1.37. The fourth-order valence-corrected chi connectivity index (χ4v) is 4.84. The highest BCUT2D eigenvalue weighted by Crippen LogP contribution is 2.40. The van der Waals surface area contributed by atoms with Gasteiger partial charge in [0.2, 0.25) is 0 Å². The number of thiophene rings is 1. The van der Waals surface area contributed by atoms with Crippen molar-refractivity contribution in [3.05, 3.63) is 56.4 Å². The number of benzene rings is 1. The van der Waals surface area contributed by atoms with Crippen LogP contribution in [-0.4, -0.2) is 19.0 Å². The van der Waals surface area contributed by atoms with Gasteiger partial charge in [0, 0.05) is 4.88 Å². The van der Waals surface area contributed by atoms with E-state index < -0.39 is 5.97 Å². The molecule has 1 heterocycles. The smallest absolute Gasteiger partial charge is 0.341 e. The second kappa shape index (κ2) is 8.18. The number of hydrogen-bond donors (Lipinski definition) is 1. The summed E-state index contributed by atoms with van der Waals surface area (Å²) in [6.07, 6.45) is 4.57. The van der Waals surface area contributed by atoms with Crippen molar-refractivity contribution >= 4 is 50.2 Å². The summed E-state index contributed by atoms with van der Waals surface area (Å²) in [6, 6.07) is 9.58. The van der Waals surface area contributed by atoms with E-state index in [4.69, 9.17) is 4.74 Å². The molecule has 0 fully saturated rings. The molecule has 1 N–H and O–H groups in total. The summed E-state index contributed by atoms with van der Waals surface area (Å²) in [4.78, 5) is 26.1. The molecule has 0 unspecified atom stereocenters. The number of methoxy groups -OCH3 is 1. The molecule has 136 valence electrons. The summed E-state index contributed by atoms with van der Waals surface area (Å²) in [6.45, 7) is 2.21. The minimum atomic E-state index is -0.393. The third-order valence-corrected chi connectivity index (χ3v) is 6.20. The zero-order valence-electron chi connectivity index (χ0n) is 14.7. The summed E-state index contributed by atoms with van der Waals surface area (Å²) in [5, 5.41) is 3.45. The normalized spacial score (nSPS) is 16.7. The lowest BCUT2D eigenvalue weighted by molar-refractivity contribution is -0.112. The van der Waals surface area contributed by atoms with Crippen LogP contribution in [0.4, 0.5) is 5.00 Å². The molecule has 0 aliphatic heterocycles. The van der Waals surface area contributed by atoms with Gasteiger partial charge in [-0.15, -0.1) is 11.3 Å². The zero-order valence-corrected chi connectivity index (χ0v) is 17.1. The molecule has 0 spiro atoms. The standard InChI is InChI=1S/C20H20BrNO3S/c1-12-8-9-14-16(10-12)26-19(17(14)20(24)25-2)22-18(23)15(21)11-13-6-4-3-5-7-13/h3-7,11-12H,8-10H2,1-2H3,(H,22,23)/b15-11-/t12-/m1/s1. The van der Waals surface area contributed by atoms with Crippen LogP contribution in [0.15, 0.2) is 34.8 Å². The van der Waals surface area contributed by atoms with Crippen molar-refractivity contribution < 1.29 is 14.3 Å². The van der Waals surface area contributed by atoms with E-state index in [-0.39, 0.29) is 5.91 Å². The molecule has 1 atom stereocenters. The summed E-state index contributed by atoms with van der Waals surface area (Å²) >= 11 is 4.82. The van der Waals surface area contributed by atoms with E-state index in [1.165, 1.54) is 23.3 Å². The predicted molar refractivity (Wildman–Crippen MR) is 109 cm³/mol. The highest BCUT2D eigenvalue weighted by Gasteiger charge is 2.29. The molecular formula is C20H20BrNO3S. The third kappa shape index (κ3) is 4.07. The maximum Gasteiger partial charge on any atom is 0.341 e. The molecule has 2 aromatic rings. The van der Waals surface area contributed by atoms with E-state index in [0.29, 0.717) is 21.0 Å². The Labute approximate surface area is 165 Å². The van der Waals surface area contributed by atoms with Gasteiger partial charge in [-0.05, 0) is 58.3 Å². The number of anilines is 1. The highest BCUT2D eigenvalue weighted by molar-refractivity contribution is 9.12. The van der Waals surface area contributed by atoms with Gasteiger partial charge in [-0.3, -0.25) is 4.79 Å². The first-order valence-corrected chi connectivity index (χ1v) is 10.1. The first kappa shape index (κ1) is 18.9. The quantitative estimate of drug-likeness (QED) is 0.542. The lowest BCUT2D eigenvalue weighted by Crippen LogP contribution is -2.15. The molecule has 26 heavy (non-hydrogen) atoms. The van der Waals surface area contributed by atoms with Crippen LogP contribution in [0.25, 0.3) is 6.08 Å². The van der Waals surface area contributed by atoms with Crippen molar-refractivity contribution in [1.82, 2.24) is 0 Å². The van der Waals surface area contributed by atoms with Crippen LogP contribution in [0, 0.1) is 5.92 Å². The first-order chi connectivity index (χ1) is 12.5. The fourth-order valence-electron chi connectivity index (χ4n) is 3.08. The topological polar surface area (TPSA) is 55.4 Å². The molecule has 3 rings (SSSR count). The van der Waals surface area contributed by atoms with Gasteiger partial charge in [0.15, 0.2) is 0 Å². The van der Waals surface area contributed by atoms with Crippen LogP contribution in [0.2, 0.25) is 0 Å². The molecule has 0 radical (unpaired) electrons. The van der Waals surface area contributed by atoms with Crippen LogP contribution in [0.1, 0.15) is 39.7 Å². The van der Waals surface area contributed by atoms with E-state index in [2.05, 4.69) is 28.2 Å². The molecule has 1 aliphatic rings. The van der Waals surface area contributed by atoms with Crippen molar-refractivity contribution in [3.8, 4) is 0 Å². The van der Waals surface area contributed by atoms with Crippen LogP contribution in [-0.2, 0) is 22.4 Å². The van der Waals surface area contributed by atoms with Crippen LogP contribution < -0.4 is 5.32 Å². The van der Waals surface area contributed by atoms with Gasteiger partial charge in [0.1, 0.15) is 5.00 Å². The van der Waals surface area contributed by atoms with E-state index in [1.807, 2.05) is 30.3 Å². The summed E-state index contributed by atoms with van der Waals surface area (Å²) in [5.74, 6) is -0.0962. The van der Waals surface area contributed by atoms with Gasteiger partial charge < -0.3 is 10.1 Å². The number of amides is 1. The fraction of sp³-hybridized carbons (Fsp3) is 0.300. The largest absolute Gasteiger partial charge is 0.465 e. The van der Waals surface area contributed by atoms with Crippen LogP contribution in [0.5, 0.6) is 0 Å². The second-order valence-corrected chi connectivity index (χ2v) is 8.36. The maximum atomic E-state index is 12.6. The second-order valence-electron chi connectivity index (χ2n) is 6.40. The number of fused-ring (bicyclic) bond motifs is 1. The lowest BCUT2D eigenvalue weighted by atomic mass is 9.88. The van der Waals surface area contributed by atoms with Crippen molar-refractivity contribution in [1.29, 1.82) is 0 Å². The molecule has 6 heteroatoms. The van der Waals surface area contributed by atoms with E-state index in [0.717, 1.165) is 30.4 Å². The van der Waals surface area contributed by atoms with Gasteiger partial charge in [-0.2, -0.15) is 0 Å². The Morgan fingerprint density at radius 2 is 2.04 bits per heavy atom. The monoisotopic (exact) mass is 433 g/mol. The van der Waals surface area contributed by atoms with Gasteiger partial charge in [-0.1, -0.05) is 37.3 Å². The van der Waals surface area contributed by atoms with Gasteiger partial charge >= 0.3 is 5.97 Å². The van der Waals surface area contributed by atoms with E-state index in [1.54, 1.807) is 6.08 Å². The predicted octanol–water partition coefficient (Wildman–Crippen LogP) is 5.03. The van der Waals surface area contributed by atoms with Crippen LogP contribution >= 0.6 is 27.3 Å². The molecule has 1 amide bonds. The molecule has 1 aromatic heterocycles. The number of nitrogens with one attached hydrogen (secondary N) is 1. The SMILES string of the molecule is COC(=O)c1c(NC(=O)/C(Br)=C/c2ccccc2)sc2c1CC[C@@H](C)C2.